The monoisotopic (exact) mass is 289 g/mol. The molecule has 2 amide bonds. The Morgan fingerprint density at radius 2 is 2.14 bits per heavy atom. The first kappa shape index (κ1) is 16.9. The zero-order valence-corrected chi connectivity index (χ0v) is 12.4. The van der Waals surface area contributed by atoms with Crippen LogP contribution in [0.4, 0.5) is 5.69 Å². The highest BCUT2D eigenvalue weighted by molar-refractivity contribution is 5.97. The Balaban J connectivity index is 2.53. The standard InChI is InChI=1S/C16H23N3O2/c1-3-5-10-18-16(21)13-7-6-8-14(11-13)19-15(20)12-17-9-4-2/h4,6-8,11,17H,2-3,5,9-10,12H2,1H3,(H,18,21)(H,19,20). The second-order valence-electron chi connectivity index (χ2n) is 4.66. The van der Waals surface area contributed by atoms with Gasteiger partial charge in [-0.3, -0.25) is 9.59 Å². The van der Waals surface area contributed by atoms with Gasteiger partial charge in [0.25, 0.3) is 5.91 Å². The number of nitrogens with one attached hydrogen (secondary N) is 3. The number of benzene rings is 1. The molecule has 0 saturated heterocycles. The molecule has 5 nitrogen and oxygen atoms in total. The number of anilines is 1. The third-order valence-electron chi connectivity index (χ3n) is 2.80. The third kappa shape index (κ3) is 6.72. The average molecular weight is 289 g/mol. The summed E-state index contributed by atoms with van der Waals surface area (Å²) in [4.78, 5) is 23.6. The number of rotatable bonds is 9. The summed E-state index contributed by atoms with van der Waals surface area (Å²) in [6, 6.07) is 6.91. The minimum atomic E-state index is -0.152. The van der Waals surface area contributed by atoms with Gasteiger partial charge in [0.2, 0.25) is 5.91 Å². The molecular formula is C16H23N3O2. The molecule has 0 aliphatic heterocycles. The third-order valence-corrected chi connectivity index (χ3v) is 2.80. The summed E-state index contributed by atoms with van der Waals surface area (Å²) in [5.74, 6) is -0.273. The quantitative estimate of drug-likeness (QED) is 0.480. The van der Waals surface area contributed by atoms with E-state index in [4.69, 9.17) is 0 Å². The molecule has 21 heavy (non-hydrogen) atoms. The zero-order valence-electron chi connectivity index (χ0n) is 12.4. The van der Waals surface area contributed by atoms with Crippen molar-refractivity contribution in [1.82, 2.24) is 10.6 Å². The minimum Gasteiger partial charge on any atom is -0.352 e. The molecule has 0 aliphatic rings. The molecule has 5 heteroatoms. The lowest BCUT2D eigenvalue weighted by Crippen LogP contribution is -2.28. The van der Waals surface area contributed by atoms with E-state index in [0.717, 1.165) is 12.8 Å². The number of carbonyl (C=O) groups is 2. The molecule has 0 spiro atoms. The Morgan fingerprint density at radius 3 is 2.86 bits per heavy atom. The summed E-state index contributed by atoms with van der Waals surface area (Å²) in [5, 5.41) is 8.51. The van der Waals surface area contributed by atoms with Gasteiger partial charge >= 0.3 is 0 Å². The minimum absolute atomic E-state index is 0.121. The first-order valence-electron chi connectivity index (χ1n) is 7.17. The van der Waals surface area contributed by atoms with E-state index in [1.165, 1.54) is 0 Å². The first-order valence-corrected chi connectivity index (χ1v) is 7.17. The van der Waals surface area contributed by atoms with Gasteiger partial charge in [-0.25, -0.2) is 0 Å². The Bertz CT molecular complexity index is 486. The van der Waals surface area contributed by atoms with E-state index in [2.05, 4.69) is 29.5 Å². The number of hydrogen-bond acceptors (Lipinski definition) is 3. The van der Waals surface area contributed by atoms with Crippen LogP contribution in [0.1, 0.15) is 30.1 Å². The van der Waals surface area contributed by atoms with Crippen molar-refractivity contribution < 1.29 is 9.59 Å². The topological polar surface area (TPSA) is 70.2 Å². The molecule has 1 aromatic rings. The molecule has 0 fully saturated rings. The Labute approximate surface area is 125 Å². The van der Waals surface area contributed by atoms with Gasteiger partial charge in [0, 0.05) is 24.3 Å². The number of carbonyl (C=O) groups excluding carboxylic acids is 2. The highest BCUT2D eigenvalue weighted by Crippen LogP contribution is 2.10. The Kier molecular flexibility index (Phi) is 7.82. The highest BCUT2D eigenvalue weighted by Gasteiger charge is 2.07. The maximum Gasteiger partial charge on any atom is 0.251 e. The maximum atomic E-state index is 11.9. The van der Waals surface area contributed by atoms with Gasteiger partial charge in [-0.2, -0.15) is 0 Å². The number of amides is 2. The summed E-state index contributed by atoms with van der Waals surface area (Å²) in [5.41, 5.74) is 1.16. The summed E-state index contributed by atoms with van der Waals surface area (Å²) < 4.78 is 0. The summed E-state index contributed by atoms with van der Waals surface area (Å²) in [6.45, 7) is 7.08. The Morgan fingerprint density at radius 1 is 1.33 bits per heavy atom. The van der Waals surface area contributed by atoms with Crippen LogP contribution < -0.4 is 16.0 Å². The van der Waals surface area contributed by atoms with Crippen LogP contribution in [-0.4, -0.2) is 31.4 Å². The predicted octanol–water partition coefficient (Wildman–Crippen LogP) is 1.93. The van der Waals surface area contributed by atoms with Crippen molar-refractivity contribution in [2.75, 3.05) is 25.0 Å². The predicted molar refractivity (Wildman–Crippen MR) is 85.4 cm³/mol. The van der Waals surface area contributed by atoms with Crippen molar-refractivity contribution in [2.24, 2.45) is 0 Å². The molecule has 0 bridgehead atoms. The molecule has 1 aromatic carbocycles. The lowest BCUT2D eigenvalue weighted by atomic mass is 10.2. The fourth-order valence-electron chi connectivity index (χ4n) is 1.71. The molecule has 1 rings (SSSR count). The fourth-order valence-corrected chi connectivity index (χ4v) is 1.71. The second kappa shape index (κ2) is 9.72. The van der Waals surface area contributed by atoms with Crippen LogP contribution in [0.25, 0.3) is 0 Å². The molecule has 0 aliphatic carbocycles. The van der Waals surface area contributed by atoms with Crippen molar-refractivity contribution in [3.05, 3.63) is 42.5 Å². The van der Waals surface area contributed by atoms with E-state index in [-0.39, 0.29) is 18.4 Å². The molecular weight excluding hydrogens is 266 g/mol. The van der Waals surface area contributed by atoms with Gasteiger partial charge in [-0.1, -0.05) is 25.5 Å². The summed E-state index contributed by atoms with van der Waals surface area (Å²) >= 11 is 0. The second-order valence-corrected chi connectivity index (χ2v) is 4.66. The van der Waals surface area contributed by atoms with Crippen LogP contribution in [0.15, 0.2) is 36.9 Å². The van der Waals surface area contributed by atoms with E-state index < -0.39 is 0 Å². The molecule has 0 aromatic heterocycles. The molecule has 0 saturated carbocycles. The first-order chi connectivity index (χ1) is 10.2. The van der Waals surface area contributed by atoms with Gasteiger partial charge in [-0.05, 0) is 24.6 Å². The van der Waals surface area contributed by atoms with Gasteiger partial charge < -0.3 is 16.0 Å². The summed E-state index contributed by atoms with van der Waals surface area (Å²) in [7, 11) is 0. The summed E-state index contributed by atoms with van der Waals surface area (Å²) in [6.07, 6.45) is 3.68. The SMILES string of the molecule is C=CCNCC(=O)Nc1cccc(C(=O)NCCCC)c1. The van der Waals surface area contributed by atoms with Crippen LogP contribution >= 0.6 is 0 Å². The molecule has 0 radical (unpaired) electrons. The molecule has 114 valence electrons. The van der Waals surface area contributed by atoms with Crippen LogP contribution in [0.5, 0.6) is 0 Å². The van der Waals surface area contributed by atoms with Gasteiger partial charge in [-0.15, -0.1) is 6.58 Å². The number of hydrogen-bond donors (Lipinski definition) is 3. The van der Waals surface area contributed by atoms with Crippen molar-refractivity contribution in [2.45, 2.75) is 19.8 Å². The highest BCUT2D eigenvalue weighted by atomic mass is 16.2. The Hall–Kier alpha value is -2.14. The van der Waals surface area contributed by atoms with Crippen molar-refractivity contribution in [3.63, 3.8) is 0 Å². The lowest BCUT2D eigenvalue weighted by molar-refractivity contribution is -0.115. The van der Waals surface area contributed by atoms with Crippen molar-refractivity contribution >= 4 is 17.5 Å². The fraction of sp³-hybridized carbons (Fsp3) is 0.375. The normalized spacial score (nSPS) is 9.95. The van der Waals surface area contributed by atoms with Crippen LogP contribution in [0.3, 0.4) is 0 Å². The van der Waals surface area contributed by atoms with Gasteiger partial charge in [0.1, 0.15) is 0 Å². The number of unbranched alkanes of at least 4 members (excludes halogenated alkanes) is 1. The molecule has 0 heterocycles. The largest absolute Gasteiger partial charge is 0.352 e. The smallest absolute Gasteiger partial charge is 0.251 e. The van der Waals surface area contributed by atoms with Crippen LogP contribution in [0, 0.1) is 0 Å². The van der Waals surface area contributed by atoms with E-state index in [1.807, 2.05) is 0 Å². The molecule has 3 N–H and O–H groups in total. The maximum absolute atomic E-state index is 11.9. The van der Waals surface area contributed by atoms with E-state index in [0.29, 0.717) is 24.3 Å². The van der Waals surface area contributed by atoms with Crippen molar-refractivity contribution in [3.8, 4) is 0 Å². The van der Waals surface area contributed by atoms with Crippen LogP contribution in [-0.2, 0) is 4.79 Å². The van der Waals surface area contributed by atoms with E-state index in [1.54, 1.807) is 30.3 Å². The lowest BCUT2D eigenvalue weighted by Gasteiger charge is -2.08. The zero-order chi connectivity index (χ0) is 15.5. The average Bonchev–Trinajstić information content (AvgIpc) is 2.48. The van der Waals surface area contributed by atoms with E-state index in [9.17, 15) is 9.59 Å². The van der Waals surface area contributed by atoms with Crippen LogP contribution in [0.2, 0.25) is 0 Å². The van der Waals surface area contributed by atoms with Gasteiger partial charge in [0.05, 0.1) is 6.54 Å². The molecule has 0 unspecified atom stereocenters. The van der Waals surface area contributed by atoms with Gasteiger partial charge in [0.15, 0.2) is 0 Å². The van der Waals surface area contributed by atoms with Crippen molar-refractivity contribution in [1.29, 1.82) is 0 Å². The van der Waals surface area contributed by atoms with E-state index >= 15 is 0 Å². The molecule has 0 atom stereocenters.